The Labute approximate surface area is 152 Å². The second-order valence-corrected chi connectivity index (χ2v) is 6.99. The van der Waals surface area contributed by atoms with E-state index in [9.17, 15) is 4.79 Å². The van der Waals surface area contributed by atoms with Gasteiger partial charge in [-0.25, -0.2) is 0 Å². The van der Waals surface area contributed by atoms with Crippen molar-refractivity contribution < 1.29 is 9.32 Å². The highest BCUT2D eigenvalue weighted by Gasteiger charge is 2.37. The summed E-state index contributed by atoms with van der Waals surface area (Å²) in [5.74, 6) is 1.60. The lowest BCUT2D eigenvalue weighted by Crippen LogP contribution is -2.28. The highest BCUT2D eigenvalue weighted by atomic mass is 16.5. The Bertz CT molecular complexity index is 920. The van der Waals surface area contributed by atoms with E-state index in [1.165, 1.54) is 0 Å². The molecule has 2 heterocycles. The van der Waals surface area contributed by atoms with Gasteiger partial charge < -0.3 is 9.42 Å². The maximum Gasteiger partial charge on any atom is 0.253 e. The second kappa shape index (κ2) is 6.75. The van der Waals surface area contributed by atoms with Gasteiger partial charge in [-0.3, -0.25) is 4.79 Å². The van der Waals surface area contributed by atoms with E-state index in [2.05, 4.69) is 17.1 Å². The highest BCUT2D eigenvalue weighted by molar-refractivity contribution is 5.94. The third-order valence-corrected chi connectivity index (χ3v) is 4.96. The first-order valence-electron chi connectivity index (χ1n) is 8.87. The molecular formula is C21H21N3O2. The SMILES string of the molecule is Cc1cccc(C(=O)N2CC(C)C(c3nc(-c4ccccc4)no3)C2)c1. The number of hydrogen-bond acceptors (Lipinski definition) is 4. The summed E-state index contributed by atoms with van der Waals surface area (Å²) in [6, 6.07) is 17.5. The largest absolute Gasteiger partial charge is 0.339 e. The van der Waals surface area contributed by atoms with E-state index in [1.54, 1.807) is 0 Å². The molecule has 1 saturated heterocycles. The van der Waals surface area contributed by atoms with Crippen molar-refractivity contribution >= 4 is 5.91 Å². The summed E-state index contributed by atoms with van der Waals surface area (Å²) >= 11 is 0. The molecule has 2 unspecified atom stereocenters. The summed E-state index contributed by atoms with van der Waals surface area (Å²) in [5.41, 5.74) is 2.75. The third-order valence-electron chi connectivity index (χ3n) is 4.96. The van der Waals surface area contributed by atoms with Crippen LogP contribution in [0.5, 0.6) is 0 Å². The number of aryl methyl sites for hydroxylation is 1. The quantitative estimate of drug-likeness (QED) is 0.720. The van der Waals surface area contributed by atoms with Crippen LogP contribution in [-0.4, -0.2) is 34.0 Å². The zero-order chi connectivity index (χ0) is 18.1. The van der Waals surface area contributed by atoms with Crippen LogP contribution in [0.3, 0.4) is 0 Å². The number of nitrogens with zero attached hydrogens (tertiary/aromatic N) is 3. The second-order valence-electron chi connectivity index (χ2n) is 6.99. The lowest BCUT2D eigenvalue weighted by molar-refractivity contribution is 0.0786. The van der Waals surface area contributed by atoms with Crippen LogP contribution in [0.1, 0.15) is 34.7 Å². The Morgan fingerprint density at radius 1 is 1.12 bits per heavy atom. The lowest BCUT2D eigenvalue weighted by Gasteiger charge is -2.16. The summed E-state index contributed by atoms with van der Waals surface area (Å²) in [5, 5.41) is 4.12. The molecular weight excluding hydrogens is 326 g/mol. The van der Waals surface area contributed by atoms with Crippen LogP contribution in [0.15, 0.2) is 59.1 Å². The van der Waals surface area contributed by atoms with Crippen LogP contribution in [0.4, 0.5) is 0 Å². The smallest absolute Gasteiger partial charge is 0.253 e. The van der Waals surface area contributed by atoms with Gasteiger partial charge in [0, 0.05) is 24.2 Å². The number of aromatic nitrogens is 2. The van der Waals surface area contributed by atoms with Crippen molar-refractivity contribution in [2.45, 2.75) is 19.8 Å². The van der Waals surface area contributed by atoms with Gasteiger partial charge in [0.1, 0.15) is 0 Å². The zero-order valence-electron chi connectivity index (χ0n) is 14.9. The van der Waals surface area contributed by atoms with E-state index in [0.29, 0.717) is 24.8 Å². The fourth-order valence-corrected chi connectivity index (χ4v) is 3.51. The van der Waals surface area contributed by atoms with E-state index < -0.39 is 0 Å². The number of benzene rings is 2. The summed E-state index contributed by atoms with van der Waals surface area (Å²) in [7, 11) is 0. The van der Waals surface area contributed by atoms with E-state index in [1.807, 2.05) is 66.4 Å². The zero-order valence-corrected chi connectivity index (χ0v) is 14.9. The van der Waals surface area contributed by atoms with Gasteiger partial charge in [0.15, 0.2) is 0 Å². The van der Waals surface area contributed by atoms with Crippen molar-refractivity contribution in [2.24, 2.45) is 5.92 Å². The molecule has 5 nitrogen and oxygen atoms in total. The van der Waals surface area contributed by atoms with Crippen LogP contribution in [0.2, 0.25) is 0 Å². The number of carbonyl (C=O) groups is 1. The van der Waals surface area contributed by atoms with Gasteiger partial charge in [-0.2, -0.15) is 4.98 Å². The molecule has 5 heteroatoms. The highest BCUT2D eigenvalue weighted by Crippen LogP contribution is 2.33. The van der Waals surface area contributed by atoms with Gasteiger partial charge in [0.05, 0.1) is 5.92 Å². The molecule has 0 bridgehead atoms. The molecule has 0 spiro atoms. The van der Waals surface area contributed by atoms with Crippen LogP contribution < -0.4 is 0 Å². The van der Waals surface area contributed by atoms with Crippen molar-refractivity contribution in [3.63, 3.8) is 0 Å². The Hall–Kier alpha value is -2.95. The molecule has 0 N–H and O–H groups in total. The molecule has 1 aliphatic heterocycles. The van der Waals surface area contributed by atoms with Crippen molar-refractivity contribution in [3.8, 4) is 11.4 Å². The molecule has 0 radical (unpaired) electrons. The van der Waals surface area contributed by atoms with Crippen LogP contribution >= 0.6 is 0 Å². The van der Waals surface area contributed by atoms with E-state index >= 15 is 0 Å². The normalized spacial score (nSPS) is 19.7. The van der Waals surface area contributed by atoms with Gasteiger partial charge >= 0.3 is 0 Å². The van der Waals surface area contributed by atoms with E-state index in [0.717, 1.165) is 16.7 Å². The van der Waals surface area contributed by atoms with Gasteiger partial charge in [-0.05, 0) is 25.0 Å². The molecule has 0 aliphatic carbocycles. The fourth-order valence-electron chi connectivity index (χ4n) is 3.51. The maximum atomic E-state index is 12.8. The van der Waals surface area contributed by atoms with Gasteiger partial charge in [-0.15, -0.1) is 0 Å². The summed E-state index contributed by atoms with van der Waals surface area (Å²) in [4.78, 5) is 19.3. The molecule has 26 heavy (non-hydrogen) atoms. The first-order chi connectivity index (χ1) is 12.6. The van der Waals surface area contributed by atoms with Crippen molar-refractivity contribution in [3.05, 3.63) is 71.6 Å². The third kappa shape index (κ3) is 3.12. The molecule has 1 amide bonds. The summed E-state index contributed by atoms with van der Waals surface area (Å²) in [6.45, 7) is 5.42. The van der Waals surface area contributed by atoms with Gasteiger partial charge in [0.2, 0.25) is 11.7 Å². The standard InChI is InChI=1S/C21H21N3O2/c1-14-7-6-10-17(11-14)21(25)24-12-15(2)18(13-24)20-22-19(23-26-20)16-8-4-3-5-9-16/h3-11,15,18H,12-13H2,1-2H3. The Morgan fingerprint density at radius 2 is 1.92 bits per heavy atom. The van der Waals surface area contributed by atoms with Crippen molar-refractivity contribution in [1.29, 1.82) is 0 Å². The van der Waals surface area contributed by atoms with Crippen molar-refractivity contribution in [1.82, 2.24) is 15.0 Å². The Balaban J connectivity index is 1.52. The first-order valence-corrected chi connectivity index (χ1v) is 8.87. The number of hydrogen-bond donors (Lipinski definition) is 0. The molecule has 2 atom stereocenters. The minimum atomic E-state index is 0.0610. The van der Waals surface area contributed by atoms with Crippen LogP contribution in [0, 0.1) is 12.8 Å². The monoisotopic (exact) mass is 347 g/mol. The molecule has 1 aromatic heterocycles. The topological polar surface area (TPSA) is 59.2 Å². The lowest BCUT2D eigenvalue weighted by atomic mass is 9.98. The minimum absolute atomic E-state index is 0.0610. The molecule has 132 valence electrons. The predicted octanol–water partition coefficient (Wildman–Crippen LogP) is 3.92. The average Bonchev–Trinajstić information content (AvgIpc) is 3.28. The number of carbonyl (C=O) groups excluding carboxylic acids is 1. The molecule has 1 fully saturated rings. The van der Waals surface area contributed by atoms with E-state index in [-0.39, 0.29) is 17.7 Å². The number of rotatable bonds is 3. The summed E-state index contributed by atoms with van der Waals surface area (Å²) in [6.07, 6.45) is 0. The first kappa shape index (κ1) is 16.5. The molecule has 2 aromatic carbocycles. The number of likely N-dealkylation sites (tertiary alicyclic amines) is 1. The average molecular weight is 347 g/mol. The van der Waals surface area contributed by atoms with E-state index in [4.69, 9.17) is 4.52 Å². The summed E-state index contributed by atoms with van der Waals surface area (Å²) < 4.78 is 5.53. The minimum Gasteiger partial charge on any atom is -0.339 e. The fraction of sp³-hybridized carbons (Fsp3) is 0.286. The number of amides is 1. The molecule has 4 rings (SSSR count). The molecule has 0 saturated carbocycles. The van der Waals surface area contributed by atoms with Crippen LogP contribution in [-0.2, 0) is 0 Å². The van der Waals surface area contributed by atoms with Gasteiger partial charge in [0.25, 0.3) is 5.91 Å². The molecule has 3 aromatic rings. The van der Waals surface area contributed by atoms with Crippen molar-refractivity contribution in [2.75, 3.05) is 13.1 Å². The molecule has 1 aliphatic rings. The predicted molar refractivity (Wildman–Crippen MR) is 98.7 cm³/mol. The van der Waals surface area contributed by atoms with Crippen LogP contribution in [0.25, 0.3) is 11.4 Å². The van der Waals surface area contributed by atoms with Gasteiger partial charge in [-0.1, -0.05) is 60.1 Å². The Kier molecular flexibility index (Phi) is 4.29. The maximum absolute atomic E-state index is 12.8. The Morgan fingerprint density at radius 3 is 2.69 bits per heavy atom.